The van der Waals surface area contributed by atoms with Crippen molar-refractivity contribution in [1.82, 2.24) is 0 Å². The molecule has 0 saturated carbocycles. The van der Waals surface area contributed by atoms with E-state index in [9.17, 15) is 9.59 Å². The fourth-order valence-electron chi connectivity index (χ4n) is 3.12. The second-order valence-electron chi connectivity index (χ2n) is 6.68. The van der Waals surface area contributed by atoms with Gasteiger partial charge in [-0.15, -0.1) is 0 Å². The van der Waals surface area contributed by atoms with E-state index in [-0.39, 0.29) is 6.61 Å². The van der Waals surface area contributed by atoms with Crippen LogP contribution >= 0.6 is 0 Å². The third kappa shape index (κ3) is 5.50. The number of fused-ring (bicyclic) bond motifs is 1. The average molecular weight is 408 g/mol. The first-order chi connectivity index (χ1) is 14.6. The third-order valence-electron chi connectivity index (χ3n) is 4.64. The van der Waals surface area contributed by atoms with E-state index in [1.165, 1.54) is 31.9 Å². The molecule has 0 aliphatic rings. The predicted molar refractivity (Wildman–Crippen MR) is 114 cm³/mol. The van der Waals surface area contributed by atoms with Gasteiger partial charge in [-0.25, -0.2) is 9.59 Å². The maximum absolute atomic E-state index is 12.0. The van der Waals surface area contributed by atoms with Crippen molar-refractivity contribution in [2.75, 3.05) is 14.2 Å². The number of benzene rings is 2. The molecule has 0 unspecified atom stereocenters. The molecule has 1 aromatic heterocycles. The largest absolute Gasteiger partial charge is 0.493 e. The molecular formula is C24H24O6. The number of unbranched alkanes of at least 4 members (excludes halogenated alkanes) is 1. The van der Waals surface area contributed by atoms with Gasteiger partial charge < -0.3 is 18.6 Å². The summed E-state index contributed by atoms with van der Waals surface area (Å²) in [6.07, 6.45) is 5.90. The van der Waals surface area contributed by atoms with Crippen molar-refractivity contribution in [2.24, 2.45) is 0 Å². The zero-order chi connectivity index (χ0) is 21.3. The topological polar surface area (TPSA) is 75.0 Å². The van der Waals surface area contributed by atoms with Crippen LogP contribution in [0.25, 0.3) is 11.0 Å². The van der Waals surface area contributed by atoms with E-state index in [0.29, 0.717) is 28.0 Å². The highest BCUT2D eigenvalue weighted by atomic mass is 16.5. The lowest BCUT2D eigenvalue weighted by Crippen LogP contribution is -2.06. The van der Waals surface area contributed by atoms with Gasteiger partial charge in [0.25, 0.3) is 0 Å². The first-order valence-electron chi connectivity index (χ1n) is 9.66. The summed E-state index contributed by atoms with van der Waals surface area (Å²) >= 11 is 0. The zero-order valence-corrected chi connectivity index (χ0v) is 17.1. The molecule has 0 radical (unpaired) electrons. The Morgan fingerprint density at radius 2 is 1.77 bits per heavy atom. The number of hydrogen-bond donors (Lipinski definition) is 0. The van der Waals surface area contributed by atoms with Crippen LogP contribution in [-0.4, -0.2) is 20.2 Å². The lowest BCUT2D eigenvalue weighted by Gasteiger charge is -2.11. The minimum Gasteiger partial charge on any atom is -0.493 e. The van der Waals surface area contributed by atoms with Crippen LogP contribution in [0.1, 0.15) is 24.0 Å². The summed E-state index contributed by atoms with van der Waals surface area (Å²) in [6.45, 7) is -0.0508. The number of rotatable bonds is 9. The van der Waals surface area contributed by atoms with Gasteiger partial charge in [0.1, 0.15) is 12.2 Å². The van der Waals surface area contributed by atoms with Crippen LogP contribution in [0.4, 0.5) is 0 Å². The lowest BCUT2D eigenvalue weighted by atomic mass is 10.1. The standard InChI is InChI=1S/C24H24O6/c1-27-21-14-19-18(13-24(26)30-20(19)15-22(21)28-2)16-29-23(25)12-8-4-7-11-17-9-5-3-6-10-17/h3,5-6,8-10,12-15H,4,7,11,16H2,1-2H3. The summed E-state index contributed by atoms with van der Waals surface area (Å²) in [4.78, 5) is 23.9. The normalized spacial score (nSPS) is 11.0. The first-order valence-corrected chi connectivity index (χ1v) is 9.66. The minimum atomic E-state index is -0.530. The van der Waals surface area contributed by atoms with E-state index < -0.39 is 11.6 Å². The molecule has 0 saturated heterocycles. The molecular weight excluding hydrogens is 384 g/mol. The monoisotopic (exact) mass is 408 g/mol. The molecule has 30 heavy (non-hydrogen) atoms. The fourth-order valence-corrected chi connectivity index (χ4v) is 3.12. The highest BCUT2D eigenvalue weighted by Gasteiger charge is 2.13. The van der Waals surface area contributed by atoms with E-state index in [1.54, 1.807) is 18.2 Å². The second kappa shape index (κ2) is 10.3. The van der Waals surface area contributed by atoms with Gasteiger partial charge >= 0.3 is 11.6 Å². The second-order valence-corrected chi connectivity index (χ2v) is 6.68. The molecule has 0 bridgehead atoms. The van der Waals surface area contributed by atoms with Gasteiger partial charge in [-0.3, -0.25) is 0 Å². The molecule has 0 spiro atoms. The molecule has 0 N–H and O–H groups in total. The van der Waals surface area contributed by atoms with Gasteiger partial charge in [0, 0.05) is 29.2 Å². The lowest BCUT2D eigenvalue weighted by molar-refractivity contribution is -0.138. The van der Waals surface area contributed by atoms with Crippen molar-refractivity contribution in [1.29, 1.82) is 0 Å². The smallest absolute Gasteiger partial charge is 0.336 e. The Bertz CT molecular complexity index is 1080. The van der Waals surface area contributed by atoms with Crippen LogP contribution in [0.3, 0.4) is 0 Å². The Morgan fingerprint density at radius 1 is 1.03 bits per heavy atom. The van der Waals surface area contributed by atoms with Gasteiger partial charge in [0.15, 0.2) is 11.5 Å². The minimum absolute atomic E-state index is 0.0508. The third-order valence-corrected chi connectivity index (χ3v) is 4.64. The molecule has 0 amide bonds. The summed E-state index contributed by atoms with van der Waals surface area (Å²) < 4.78 is 21.1. The van der Waals surface area contributed by atoms with Crippen LogP contribution in [0.15, 0.2) is 69.9 Å². The summed E-state index contributed by atoms with van der Waals surface area (Å²) in [6, 6.07) is 14.8. The summed E-state index contributed by atoms with van der Waals surface area (Å²) in [5.41, 5.74) is 1.61. The Morgan fingerprint density at radius 3 is 2.50 bits per heavy atom. The number of hydrogen-bond acceptors (Lipinski definition) is 6. The van der Waals surface area contributed by atoms with Crippen molar-refractivity contribution < 1.29 is 23.4 Å². The van der Waals surface area contributed by atoms with Gasteiger partial charge in [-0.05, 0) is 30.9 Å². The van der Waals surface area contributed by atoms with E-state index in [0.717, 1.165) is 19.3 Å². The van der Waals surface area contributed by atoms with Crippen molar-refractivity contribution in [3.05, 3.63) is 82.2 Å². The Labute approximate surface area is 174 Å². The van der Waals surface area contributed by atoms with Crippen molar-refractivity contribution in [3.63, 3.8) is 0 Å². The molecule has 0 aliphatic carbocycles. The van der Waals surface area contributed by atoms with Gasteiger partial charge in [0.2, 0.25) is 0 Å². The SMILES string of the molecule is COc1cc2oc(=O)cc(COC(=O)C=CCCCc3ccccc3)c2cc1OC. The Kier molecular flexibility index (Phi) is 7.27. The molecule has 6 nitrogen and oxygen atoms in total. The van der Waals surface area contributed by atoms with Crippen molar-refractivity contribution in [2.45, 2.75) is 25.9 Å². The number of carbonyl (C=O) groups excluding carboxylic acids is 1. The molecule has 3 aromatic rings. The fraction of sp³-hybridized carbons (Fsp3) is 0.250. The Hall–Kier alpha value is -3.54. The quantitative estimate of drug-likeness (QED) is 0.226. The number of methoxy groups -OCH3 is 2. The first kappa shape index (κ1) is 21.2. The van der Waals surface area contributed by atoms with Gasteiger partial charge in [0.05, 0.1) is 14.2 Å². The van der Waals surface area contributed by atoms with E-state index in [2.05, 4.69) is 12.1 Å². The van der Waals surface area contributed by atoms with E-state index >= 15 is 0 Å². The number of aryl methyl sites for hydroxylation is 1. The summed E-state index contributed by atoms with van der Waals surface area (Å²) in [7, 11) is 3.02. The average Bonchev–Trinajstić information content (AvgIpc) is 2.76. The van der Waals surface area contributed by atoms with Crippen LogP contribution in [0.5, 0.6) is 11.5 Å². The van der Waals surface area contributed by atoms with Crippen LogP contribution < -0.4 is 15.1 Å². The van der Waals surface area contributed by atoms with E-state index in [1.807, 2.05) is 18.2 Å². The molecule has 6 heteroatoms. The van der Waals surface area contributed by atoms with Gasteiger partial charge in [-0.1, -0.05) is 36.4 Å². The predicted octanol–water partition coefficient (Wildman–Crippen LogP) is 4.43. The zero-order valence-electron chi connectivity index (χ0n) is 17.1. The van der Waals surface area contributed by atoms with Crippen molar-refractivity contribution >= 4 is 16.9 Å². The molecule has 3 rings (SSSR count). The number of carbonyl (C=O) groups is 1. The number of esters is 1. The summed E-state index contributed by atoms with van der Waals surface area (Å²) in [5.74, 6) is 0.474. The van der Waals surface area contributed by atoms with E-state index in [4.69, 9.17) is 18.6 Å². The highest BCUT2D eigenvalue weighted by molar-refractivity contribution is 5.85. The Balaban J connectivity index is 1.60. The van der Waals surface area contributed by atoms with Crippen molar-refractivity contribution in [3.8, 4) is 11.5 Å². The maximum atomic E-state index is 12.0. The van der Waals surface area contributed by atoms with Gasteiger partial charge in [-0.2, -0.15) is 0 Å². The molecule has 0 aliphatic heterocycles. The molecule has 0 atom stereocenters. The molecule has 2 aromatic carbocycles. The summed E-state index contributed by atoms with van der Waals surface area (Å²) in [5, 5.41) is 0.617. The number of allylic oxidation sites excluding steroid dienone is 1. The molecule has 1 heterocycles. The highest BCUT2D eigenvalue weighted by Crippen LogP contribution is 2.33. The molecule has 0 fully saturated rings. The molecule has 156 valence electrons. The maximum Gasteiger partial charge on any atom is 0.336 e. The van der Waals surface area contributed by atoms with Crippen LogP contribution in [0, 0.1) is 0 Å². The van der Waals surface area contributed by atoms with Crippen LogP contribution in [0.2, 0.25) is 0 Å². The number of ether oxygens (including phenoxy) is 3. The van der Waals surface area contributed by atoms with Crippen LogP contribution in [-0.2, 0) is 22.6 Å².